The molecule has 0 saturated heterocycles. The topological polar surface area (TPSA) is 76.6 Å². The summed E-state index contributed by atoms with van der Waals surface area (Å²) in [5, 5.41) is 8.69. The Morgan fingerprint density at radius 2 is 2.07 bits per heavy atom. The van der Waals surface area contributed by atoms with E-state index in [9.17, 15) is 4.79 Å². The van der Waals surface area contributed by atoms with Crippen LogP contribution in [0.15, 0.2) is 47.3 Å². The molecule has 0 saturated carbocycles. The van der Waals surface area contributed by atoms with Gasteiger partial charge in [0.15, 0.2) is 23.1 Å². The van der Waals surface area contributed by atoms with E-state index >= 15 is 0 Å². The Morgan fingerprint density at radius 1 is 1.22 bits per heavy atom. The van der Waals surface area contributed by atoms with Crippen molar-refractivity contribution in [3.05, 3.63) is 62.9 Å². The number of aromatic nitrogens is 2. The third kappa shape index (κ3) is 3.11. The molecule has 0 aliphatic carbocycles. The number of thiazole rings is 1. The zero-order valence-electron chi connectivity index (χ0n) is 14.5. The molecule has 0 atom stereocenters. The molecular formula is C20H15N3O3S. The minimum Gasteiger partial charge on any atom is -0.490 e. The minimum atomic E-state index is -0.0912. The lowest BCUT2D eigenvalue weighted by Gasteiger charge is -2.10. The van der Waals surface area contributed by atoms with Gasteiger partial charge in [0.25, 0.3) is 5.56 Å². The Labute approximate surface area is 158 Å². The van der Waals surface area contributed by atoms with Gasteiger partial charge in [-0.25, -0.2) is 9.38 Å². The van der Waals surface area contributed by atoms with Crippen molar-refractivity contribution in [1.29, 1.82) is 5.26 Å². The molecule has 2 aromatic carbocycles. The Hall–Kier alpha value is -3.37. The summed E-state index contributed by atoms with van der Waals surface area (Å²) in [6, 6.07) is 14.9. The zero-order chi connectivity index (χ0) is 18.8. The van der Waals surface area contributed by atoms with Crippen LogP contribution in [0.5, 0.6) is 11.5 Å². The first-order valence-corrected chi connectivity index (χ1v) is 9.21. The fourth-order valence-corrected chi connectivity index (χ4v) is 3.86. The smallest absolute Gasteiger partial charge is 0.274 e. The summed E-state index contributed by atoms with van der Waals surface area (Å²) in [5.41, 5.74) is 2.34. The lowest BCUT2D eigenvalue weighted by Crippen LogP contribution is -2.22. The van der Waals surface area contributed by atoms with Crippen LogP contribution in [-0.2, 0) is 0 Å². The third-order valence-corrected chi connectivity index (χ3v) is 4.97. The number of fused-ring (bicyclic) bond motifs is 3. The van der Waals surface area contributed by atoms with Gasteiger partial charge in [-0.3, -0.25) is 4.79 Å². The van der Waals surface area contributed by atoms with Crippen molar-refractivity contribution in [3.8, 4) is 17.6 Å². The first kappa shape index (κ1) is 17.1. The van der Waals surface area contributed by atoms with E-state index in [1.54, 1.807) is 16.5 Å². The standard InChI is InChI=1S/C20H15N3O3S/c1-2-25-17-11-13(7-8-16(17)26-10-9-21)12-18-19(24)23-15-6-4-3-5-14(15)22-20(23)27-18/h3-8,11-12H,2,10H2,1H3/b18-12-. The predicted octanol–water partition coefficient (Wildman–Crippen LogP) is 2.76. The molecule has 7 heteroatoms. The van der Waals surface area contributed by atoms with Crippen LogP contribution >= 0.6 is 11.3 Å². The zero-order valence-corrected chi connectivity index (χ0v) is 15.3. The monoisotopic (exact) mass is 377 g/mol. The molecule has 2 heterocycles. The molecule has 0 unspecified atom stereocenters. The maximum Gasteiger partial charge on any atom is 0.274 e. The lowest BCUT2D eigenvalue weighted by molar-refractivity contribution is 0.298. The summed E-state index contributed by atoms with van der Waals surface area (Å²) < 4.78 is 13.2. The van der Waals surface area contributed by atoms with Crippen molar-refractivity contribution < 1.29 is 9.47 Å². The third-order valence-electron chi connectivity index (χ3n) is 4.00. The highest BCUT2D eigenvalue weighted by atomic mass is 32.1. The molecular weight excluding hydrogens is 362 g/mol. The second kappa shape index (κ2) is 7.09. The predicted molar refractivity (Wildman–Crippen MR) is 104 cm³/mol. The Bertz CT molecular complexity index is 1280. The van der Waals surface area contributed by atoms with E-state index in [1.165, 1.54) is 11.3 Å². The van der Waals surface area contributed by atoms with Crippen molar-refractivity contribution in [2.24, 2.45) is 0 Å². The van der Waals surface area contributed by atoms with Crippen molar-refractivity contribution in [2.45, 2.75) is 6.92 Å². The number of hydrogen-bond donors (Lipinski definition) is 0. The molecule has 27 heavy (non-hydrogen) atoms. The van der Waals surface area contributed by atoms with Crippen molar-refractivity contribution in [1.82, 2.24) is 9.38 Å². The molecule has 0 fully saturated rings. The molecule has 6 nitrogen and oxygen atoms in total. The van der Waals surface area contributed by atoms with Gasteiger partial charge in [0.05, 0.1) is 22.2 Å². The van der Waals surface area contributed by atoms with Crippen LogP contribution in [0.1, 0.15) is 12.5 Å². The van der Waals surface area contributed by atoms with Gasteiger partial charge in [0, 0.05) is 0 Å². The number of imidazole rings is 1. The maximum atomic E-state index is 12.8. The van der Waals surface area contributed by atoms with E-state index in [4.69, 9.17) is 14.7 Å². The van der Waals surface area contributed by atoms with Crippen molar-refractivity contribution in [2.75, 3.05) is 13.2 Å². The maximum absolute atomic E-state index is 12.8. The van der Waals surface area contributed by atoms with Gasteiger partial charge in [-0.15, -0.1) is 0 Å². The van der Waals surface area contributed by atoms with Crippen LogP contribution in [0.2, 0.25) is 0 Å². The van der Waals surface area contributed by atoms with Crippen LogP contribution in [-0.4, -0.2) is 22.6 Å². The highest BCUT2D eigenvalue weighted by Crippen LogP contribution is 2.28. The second-order valence-corrected chi connectivity index (χ2v) is 6.73. The largest absolute Gasteiger partial charge is 0.490 e. The summed E-state index contributed by atoms with van der Waals surface area (Å²) in [4.78, 5) is 18.0. The summed E-state index contributed by atoms with van der Waals surface area (Å²) in [7, 11) is 0. The minimum absolute atomic E-state index is 0.0525. The molecule has 0 amide bonds. The van der Waals surface area contributed by atoms with E-state index in [1.807, 2.05) is 49.4 Å². The first-order valence-electron chi connectivity index (χ1n) is 8.39. The highest BCUT2D eigenvalue weighted by molar-refractivity contribution is 7.15. The number of nitriles is 1. The lowest BCUT2D eigenvalue weighted by atomic mass is 10.2. The van der Waals surface area contributed by atoms with E-state index in [0.717, 1.165) is 16.6 Å². The first-order chi connectivity index (χ1) is 13.2. The molecule has 0 bridgehead atoms. The molecule has 0 radical (unpaired) electrons. The molecule has 0 aliphatic heterocycles. The molecule has 0 N–H and O–H groups in total. The van der Waals surface area contributed by atoms with E-state index < -0.39 is 0 Å². The quantitative estimate of drug-likeness (QED) is 0.534. The average Bonchev–Trinajstić information content (AvgIpc) is 3.18. The van der Waals surface area contributed by atoms with Gasteiger partial charge >= 0.3 is 0 Å². The fraction of sp³-hybridized carbons (Fsp3) is 0.150. The Balaban J connectivity index is 1.81. The number of nitrogens with zero attached hydrogens (tertiary/aromatic N) is 3. The summed E-state index contributed by atoms with van der Waals surface area (Å²) in [6.07, 6.45) is 1.81. The molecule has 0 aliphatic rings. The van der Waals surface area contributed by atoms with Crippen LogP contribution in [0.3, 0.4) is 0 Å². The number of benzene rings is 2. The number of rotatable bonds is 5. The van der Waals surface area contributed by atoms with E-state index in [2.05, 4.69) is 4.98 Å². The molecule has 134 valence electrons. The van der Waals surface area contributed by atoms with E-state index in [-0.39, 0.29) is 12.2 Å². The SMILES string of the molecule is CCOc1cc(/C=c2\sc3nc4ccccc4n3c2=O)ccc1OCC#N. The van der Waals surface area contributed by atoms with Crippen LogP contribution in [0, 0.1) is 11.3 Å². The van der Waals surface area contributed by atoms with Gasteiger partial charge in [0.2, 0.25) is 0 Å². The molecule has 2 aromatic heterocycles. The van der Waals surface area contributed by atoms with Crippen LogP contribution in [0.25, 0.3) is 22.1 Å². The normalized spacial score (nSPS) is 11.8. The van der Waals surface area contributed by atoms with Gasteiger partial charge in [0.1, 0.15) is 6.07 Å². The highest BCUT2D eigenvalue weighted by Gasteiger charge is 2.11. The number of para-hydroxylation sites is 2. The number of hydrogen-bond acceptors (Lipinski definition) is 6. The molecule has 4 rings (SSSR count). The summed E-state index contributed by atoms with van der Waals surface area (Å²) in [6.45, 7) is 2.29. The second-order valence-electron chi connectivity index (χ2n) is 5.72. The molecule has 4 aromatic rings. The Morgan fingerprint density at radius 3 is 2.89 bits per heavy atom. The summed E-state index contributed by atoms with van der Waals surface area (Å²) in [5.74, 6) is 1.05. The van der Waals surface area contributed by atoms with E-state index in [0.29, 0.717) is 27.6 Å². The summed E-state index contributed by atoms with van der Waals surface area (Å²) >= 11 is 1.35. The Kier molecular flexibility index (Phi) is 4.48. The van der Waals surface area contributed by atoms with Gasteiger partial charge in [-0.1, -0.05) is 29.5 Å². The number of ether oxygens (including phenoxy) is 2. The van der Waals surface area contributed by atoms with Crippen molar-refractivity contribution in [3.63, 3.8) is 0 Å². The molecule has 0 spiro atoms. The average molecular weight is 377 g/mol. The van der Waals surface area contributed by atoms with Gasteiger partial charge in [-0.05, 0) is 42.8 Å². The van der Waals surface area contributed by atoms with Crippen LogP contribution in [0.4, 0.5) is 0 Å². The van der Waals surface area contributed by atoms with Crippen molar-refractivity contribution >= 4 is 33.4 Å². The van der Waals surface area contributed by atoms with Gasteiger partial charge in [-0.2, -0.15) is 5.26 Å². The van der Waals surface area contributed by atoms with Crippen LogP contribution < -0.4 is 19.6 Å². The van der Waals surface area contributed by atoms with Gasteiger partial charge < -0.3 is 9.47 Å². The fourth-order valence-electron chi connectivity index (χ4n) is 2.88.